The topological polar surface area (TPSA) is 62.3 Å². The van der Waals surface area contributed by atoms with Crippen molar-refractivity contribution in [1.29, 1.82) is 0 Å². The lowest BCUT2D eigenvalue weighted by molar-refractivity contribution is -0.122. The molecule has 1 aliphatic heterocycles. The first kappa shape index (κ1) is 18.4. The molecule has 0 bridgehead atoms. The van der Waals surface area contributed by atoms with Crippen molar-refractivity contribution in [1.82, 2.24) is 4.98 Å². The molecule has 1 aromatic heterocycles. The van der Waals surface area contributed by atoms with E-state index in [1.165, 1.54) is 0 Å². The lowest BCUT2D eigenvalue weighted by Gasteiger charge is -2.20. The molecule has 0 spiro atoms. The average molecular weight is 391 g/mol. The summed E-state index contributed by atoms with van der Waals surface area (Å²) in [5, 5.41) is 5.82. The summed E-state index contributed by atoms with van der Waals surface area (Å²) < 4.78 is 0. The zero-order valence-electron chi connectivity index (χ0n) is 15.8. The molecule has 2 heterocycles. The first-order valence-electron chi connectivity index (χ1n) is 9.20. The predicted octanol–water partition coefficient (Wildman–Crippen LogP) is 4.42. The Labute approximate surface area is 168 Å². The van der Waals surface area contributed by atoms with Crippen molar-refractivity contribution >= 4 is 34.5 Å². The van der Waals surface area contributed by atoms with Gasteiger partial charge in [0.05, 0.1) is 5.92 Å². The standard InChI is InChI=1S/C22H21N3O2S/c1-14-4-3-5-19(15(14)2)25-13-17(12-20(25)26)21(27)24-18-8-6-16(7-9-18)22-23-10-11-28-22/h3-11,17H,12-13H2,1-2H3,(H,24,27). The molecule has 4 rings (SSSR count). The third-order valence-corrected chi connectivity index (χ3v) is 6.02. The van der Waals surface area contributed by atoms with Gasteiger partial charge in [-0.25, -0.2) is 4.98 Å². The highest BCUT2D eigenvalue weighted by molar-refractivity contribution is 7.13. The molecule has 3 aromatic rings. The van der Waals surface area contributed by atoms with E-state index < -0.39 is 0 Å². The van der Waals surface area contributed by atoms with Crippen molar-refractivity contribution in [3.05, 3.63) is 65.2 Å². The Morgan fingerprint density at radius 1 is 1.18 bits per heavy atom. The fraction of sp³-hybridized carbons (Fsp3) is 0.227. The van der Waals surface area contributed by atoms with Gasteiger partial charge in [-0.3, -0.25) is 9.59 Å². The molecule has 28 heavy (non-hydrogen) atoms. The van der Waals surface area contributed by atoms with Gasteiger partial charge >= 0.3 is 0 Å². The molecule has 6 heteroatoms. The SMILES string of the molecule is Cc1cccc(N2CC(C(=O)Nc3ccc(-c4nccs4)cc3)CC2=O)c1C. The minimum Gasteiger partial charge on any atom is -0.326 e. The van der Waals surface area contributed by atoms with Gasteiger partial charge in [-0.15, -0.1) is 11.3 Å². The maximum absolute atomic E-state index is 12.7. The Hall–Kier alpha value is -2.99. The highest BCUT2D eigenvalue weighted by Gasteiger charge is 2.35. The van der Waals surface area contributed by atoms with Crippen molar-refractivity contribution in [2.24, 2.45) is 5.92 Å². The Morgan fingerprint density at radius 2 is 1.96 bits per heavy atom. The van der Waals surface area contributed by atoms with Crippen molar-refractivity contribution in [3.63, 3.8) is 0 Å². The number of aromatic nitrogens is 1. The number of nitrogens with one attached hydrogen (secondary N) is 1. The molecular formula is C22H21N3O2S. The number of carbonyl (C=O) groups is 2. The summed E-state index contributed by atoms with van der Waals surface area (Å²) in [4.78, 5) is 31.2. The second-order valence-electron chi connectivity index (χ2n) is 7.03. The first-order chi connectivity index (χ1) is 13.5. The van der Waals surface area contributed by atoms with Gasteiger partial charge in [-0.1, -0.05) is 12.1 Å². The Morgan fingerprint density at radius 3 is 2.68 bits per heavy atom. The number of hydrogen-bond acceptors (Lipinski definition) is 4. The van der Waals surface area contributed by atoms with Gasteiger partial charge in [0.25, 0.3) is 0 Å². The van der Waals surface area contributed by atoms with Crippen LogP contribution in [-0.4, -0.2) is 23.3 Å². The van der Waals surface area contributed by atoms with Crippen molar-refractivity contribution in [3.8, 4) is 10.6 Å². The molecule has 5 nitrogen and oxygen atoms in total. The highest BCUT2D eigenvalue weighted by Crippen LogP contribution is 2.30. The van der Waals surface area contributed by atoms with E-state index in [9.17, 15) is 9.59 Å². The van der Waals surface area contributed by atoms with Crippen LogP contribution in [-0.2, 0) is 9.59 Å². The molecule has 0 radical (unpaired) electrons. The van der Waals surface area contributed by atoms with Crippen LogP contribution < -0.4 is 10.2 Å². The molecule has 0 saturated carbocycles. The van der Waals surface area contributed by atoms with E-state index in [2.05, 4.69) is 10.3 Å². The van der Waals surface area contributed by atoms with E-state index in [0.29, 0.717) is 6.54 Å². The molecule has 0 aliphatic carbocycles. The first-order valence-corrected chi connectivity index (χ1v) is 10.1. The van der Waals surface area contributed by atoms with Crippen LogP contribution in [0.25, 0.3) is 10.6 Å². The average Bonchev–Trinajstić information content (AvgIpc) is 3.35. The third-order valence-electron chi connectivity index (χ3n) is 5.19. The van der Waals surface area contributed by atoms with Crippen molar-refractivity contribution < 1.29 is 9.59 Å². The van der Waals surface area contributed by atoms with Crippen LogP contribution in [0.5, 0.6) is 0 Å². The molecule has 2 amide bonds. The van der Waals surface area contributed by atoms with Crippen LogP contribution in [0.4, 0.5) is 11.4 Å². The summed E-state index contributed by atoms with van der Waals surface area (Å²) in [7, 11) is 0. The third kappa shape index (κ3) is 3.55. The van der Waals surface area contributed by atoms with Crippen LogP contribution in [0.3, 0.4) is 0 Å². The number of amides is 2. The monoisotopic (exact) mass is 391 g/mol. The number of benzene rings is 2. The quantitative estimate of drug-likeness (QED) is 0.716. The molecule has 1 N–H and O–H groups in total. The van der Waals surface area contributed by atoms with Gasteiger partial charge in [-0.05, 0) is 55.3 Å². The van der Waals surface area contributed by atoms with Gasteiger partial charge in [0.15, 0.2) is 0 Å². The number of anilines is 2. The summed E-state index contributed by atoms with van der Waals surface area (Å²) in [6, 6.07) is 13.5. The number of aryl methyl sites for hydroxylation is 1. The predicted molar refractivity (Wildman–Crippen MR) is 113 cm³/mol. The number of nitrogens with zero attached hydrogens (tertiary/aromatic N) is 2. The Bertz CT molecular complexity index is 1010. The van der Waals surface area contributed by atoms with E-state index in [4.69, 9.17) is 0 Å². The lowest BCUT2D eigenvalue weighted by atomic mass is 10.1. The van der Waals surface area contributed by atoms with Gasteiger partial charge in [0.1, 0.15) is 5.01 Å². The van der Waals surface area contributed by atoms with Crippen molar-refractivity contribution in [2.45, 2.75) is 20.3 Å². The van der Waals surface area contributed by atoms with E-state index >= 15 is 0 Å². The van der Waals surface area contributed by atoms with Crippen LogP contribution in [0.15, 0.2) is 54.0 Å². The van der Waals surface area contributed by atoms with Crippen LogP contribution in [0, 0.1) is 19.8 Å². The summed E-state index contributed by atoms with van der Waals surface area (Å²) in [6.45, 7) is 4.44. The maximum Gasteiger partial charge on any atom is 0.229 e. The zero-order chi connectivity index (χ0) is 19.7. The Kier molecular flexibility index (Phi) is 4.96. The summed E-state index contributed by atoms with van der Waals surface area (Å²) in [6.07, 6.45) is 2.00. The van der Waals surface area contributed by atoms with Crippen LogP contribution in [0.1, 0.15) is 17.5 Å². The largest absolute Gasteiger partial charge is 0.326 e. The minimum absolute atomic E-state index is 0.00651. The van der Waals surface area contributed by atoms with Crippen LogP contribution >= 0.6 is 11.3 Å². The molecule has 1 unspecified atom stereocenters. The lowest BCUT2D eigenvalue weighted by Crippen LogP contribution is -2.28. The molecular weight excluding hydrogens is 370 g/mol. The van der Waals surface area contributed by atoms with Gasteiger partial charge in [-0.2, -0.15) is 0 Å². The molecule has 1 fully saturated rings. The van der Waals surface area contributed by atoms with E-state index in [-0.39, 0.29) is 24.2 Å². The maximum atomic E-state index is 12.7. The van der Waals surface area contributed by atoms with Crippen LogP contribution in [0.2, 0.25) is 0 Å². The fourth-order valence-corrected chi connectivity index (χ4v) is 4.10. The highest BCUT2D eigenvalue weighted by atomic mass is 32.1. The molecule has 2 aromatic carbocycles. The number of thiazole rings is 1. The normalized spacial score (nSPS) is 16.4. The summed E-state index contributed by atoms with van der Waals surface area (Å²) in [5.41, 5.74) is 4.86. The minimum atomic E-state index is -0.356. The number of hydrogen-bond donors (Lipinski definition) is 1. The van der Waals surface area contributed by atoms with E-state index in [1.54, 1.807) is 22.4 Å². The summed E-state index contributed by atoms with van der Waals surface area (Å²) >= 11 is 1.58. The summed E-state index contributed by atoms with van der Waals surface area (Å²) in [5.74, 6) is -0.484. The van der Waals surface area contributed by atoms with Gasteiger partial charge in [0, 0.05) is 41.5 Å². The van der Waals surface area contributed by atoms with Gasteiger partial charge in [0.2, 0.25) is 11.8 Å². The second kappa shape index (κ2) is 7.56. The fourth-order valence-electron chi connectivity index (χ4n) is 3.45. The smallest absolute Gasteiger partial charge is 0.229 e. The van der Waals surface area contributed by atoms with Gasteiger partial charge < -0.3 is 10.2 Å². The zero-order valence-corrected chi connectivity index (χ0v) is 16.6. The van der Waals surface area contributed by atoms with E-state index in [1.807, 2.05) is 61.7 Å². The molecule has 1 saturated heterocycles. The molecule has 1 aliphatic rings. The molecule has 1 atom stereocenters. The van der Waals surface area contributed by atoms with Crippen molar-refractivity contribution in [2.75, 3.05) is 16.8 Å². The number of rotatable bonds is 4. The number of carbonyl (C=O) groups excluding carboxylic acids is 2. The molecule has 142 valence electrons. The Balaban J connectivity index is 1.44. The van der Waals surface area contributed by atoms with E-state index in [0.717, 1.165) is 33.1 Å². The second-order valence-corrected chi connectivity index (χ2v) is 7.92.